The van der Waals surface area contributed by atoms with E-state index in [0.29, 0.717) is 17.0 Å². The van der Waals surface area contributed by atoms with E-state index in [1.165, 1.54) is 4.90 Å². The van der Waals surface area contributed by atoms with Crippen LogP contribution in [0, 0.1) is 0 Å². The molecule has 1 aliphatic rings. The van der Waals surface area contributed by atoms with Gasteiger partial charge in [0.25, 0.3) is 11.7 Å². The normalized spacial score (nSPS) is 17.6. The van der Waals surface area contributed by atoms with Gasteiger partial charge in [0.05, 0.1) is 18.7 Å². The number of hydrogen-bond acceptors (Lipinski definition) is 4. The topological polar surface area (TPSA) is 71.8 Å². The zero-order chi connectivity index (χ0) is 23.1. The van der Waals surface area contributed by atoms with Crippen LogP contribution in [0.3, 0.4) is 0 Å². The molecule has 1 fully saturated rings. The number of Topliss-reactive ketones (excluding diaryl/α,β-unsaturated/α-hetero) is 1. The molecule has 33 heavy (non-hydrogen) atoms. The van der Waals surface area contributed by atoms with Crippen molar-refractivity contribution in [3.8, 4) is 5.75 Å². The van der Waals surface area contributed by atoms with E-state index in [2.05, 4.69) is 0 Å². The van der Waals surface area contributed by atoms with Crippen molar-refractivity contribution in [1.29, 1.82) is 0 Å². The van der Waals surface area contributed by atoms with Crippen LogP contribution in [-0.2, 0) is 16.6 Å². The molecule has 0 radical (unpaired) electrons. The van der Waals surface area contributed by atoms with Crippen LogP contribution in [0.1, 0.15) is 17.2 Å². The number of aliphatic hydroxyl groups is 1. The van der Waals surface area contributed by atoms with Crippen molar-refractivity contribution in [3.63, 3.8) is 0 Å². The van der Waals surface area contributed by atoms with Crippen LogP contribution in [0.25, 0.3) is 16.7 Å². The number of aryl methyl sites for hydroxylation is 1. The first-order chi connectivity index (χ1) is 16.0. The van der Waals surface area contributed by atoms with Crippen LogP contribution in [0.2, 0.25) is 0 Å². The zero-order valence-corrected chi connectivity index (χ0v) is 18.2. The third kappa shape index (κ3) is 3.27. The molecule has 1 atom stereocenters. The molecular formula is C27H22N2O4. The molecule has 3 aromatic carbocycles. The first-order valence-electron chi connectivity index (χ1n) is 10.6. The van der Waals surface area contributed by atoms with E-state index in [-0.39, 0.29) is 11.3 Å². The molecule has 0 saturated carbocycles. The van der Waals surface area contributed by atoms with E-state index in [1.54, 1.807) is 55.6 Å². The number of anilines is 1. The molecule has 1 unspecified atom stereocenters. The van der Waals surface area contributed by atoms with Crippen LogP contribution in [0.4, 0.5) is 5.69 Å². The highest BCUT2D eigenvalue weighted by molar-refractivity contribution is 6.51. The Hall–Kier alpha value is -4.32. The number of aliphatic hydroxyl groups excluding tert-OH is 1. The van der Waals surface area contributed by atoms with E-state index in [4.69, 9.17) is 4.74 Å². The maximum absolute atomic E-state index is 13.4. The molecule has 5 rings (SSSR count). The fourth-order valence-corrected chi connectivity index (χ4v) is 4.50. The summed E-state index contributed by atoms with van der Waals surface area (Å²) in [6.45, 7) is 0. The lowest BCUT2D eigenvalue weighted by atomic mass is 9.95. The smallest absolute Gasteiger partial charge is 0.300 e. The largest absolute Gasteiger partial charge is 0.507 e. The van der Waals surface area contributed by atoms with Gasteiger partial charge in [-0.05, 0) is 18.2 Å². The maximum atomic E-state index is 13.4. The molecule has 2 heterocycles. The Balaban J connectivity index is 1.81. The molecular weight excluding hydrogens is 416 g/mol. The van der Waals surface area contributed by atoms with Crippen LogP contribution in [-0.4, -0.2) is 28.5 Å². The fourth-order valence-electron chi connectivity index (χ4n) is 4.50. The van der Waals surface area contributed by atoms with Crippen molar-refractivity contribution in [2.75, 3.05) is 12.0 Å². The maximum Gasteiger partial charge on any atom is 0.300 e. The predicted molar refractivity (Wildman–Crippen MR) is 127 cm³/mol. The number of nitrogens with zero attached hydrogens (tertiary/aromatic N) is 2. The third-order valence-electron chi connectivity index (χ3n) is 6.05. The highest BCUT2D eigenvalue weighted by Gasteiger charge is 2.48. The lowest BCUT2D eigenvalue weighted by molar-refractivity contribution is -0.132. The molecule has 164 valence electrons. The van der Waals surface area contributed by atoms with Crippen LogP contribution in [0.15, 0.2) is 90.6 Å². The molecule has 6 nitrogen and oxygen atoms in total. The van der Waals surface area contributed by atoms with Gasteiger partial charge in [0, 0.05) is 47.0 Å². The molecule has 0 aliphatic carbocycles. The van der Waals surface area contributed by atoms with Crippen molar-refractivity contribution < 1.29 is 19.4 Å². The minimum Gasteiger partial charge on any atom is -0.507 e. The van der Waals surface area contributed by atoms with Gasteiger partial charge in [-0.3, -0.25) is 14.5 Å². The lowest BCUT2D eigenvalue weighted by Crippen LogP contribution is -2.29. The van der Waals surface area contributed by atoms with Crippen LogP contribution in [0.5, 0.6) is 5.75 Å². The minimum absolute atomic E-state index is 0.0605. The molecule has 1 N–H and O–H groups in total. The first kappa shape index (κ1) is 20.6. The molecule has 6 heteroatoms. The number of methoxy groups -OCH3 is 1. The summed E-state index contributed by atoms with van der Waals surface area (Å²) in [6.07, 6.45) is 1.91. The summed E-state index contributed by atoms with van der Waals surface area (Å²) in [6, 6.07) is 22.8. The van der Waals surface area contributed by atoms with Gasteiger partial charge in [0.15, 0.2) is 0 Å². The summed E-state index contributed by atoms with van der Waals surface area (Å²) < 4.78 is 7.30. The Kier molecular flexibility index (Phi) is 4.98. The summed E-state index contributed by atoms with van der Waals surface area (Å²) >= 11 is 0. The van der Waals surface area contributed by atoms with E-state index in [0.717, 1.165) is 16.5 Å². The van der Waals surface area contributed by atoms with E-state index >= 15 is 0 Å². The van der Waals surface area contributed by atoms with E-state index in [9.17, 15) is 14.7 Å². The second-order valence-corrected chi connectivity index (χ2v) is 7.95. The van der Waals surface area contributed by atoms with Gasteiger partial charge in [-0.1, -0.05) is 54.6 Å². The van der Waals surface area contributed by atoms with Gasteiger partial charge in [0.2, 0.25) is 0 Å². The van der Waals surface area contributed by atoms with Gasteiger partial charge in [-0.15, -0.1) is 0 Å². The van der Waals surface area contributed by atoms with E-state index < -0.39 is 17.7 Å². The Bertz CT molecular complexity index is 1420. The van der Waals surface area contributed by atoms with Gasteiger partial charge in [0.1, 0.15) is 11.5 Å². The molecule has 0 spiro atoms. The van der Waals surface area contributed by atoms with Crippen molar-refractivity contribution >= 4 is 34.0 Å². The number of para-hydroxylation sites is 1. The van der Waals surface area contributed by atoms with Gasteiger partial charge in [-0.25, -0.2) is 0 Å². The lowest BCUT2D eigenvalue weighted by Gasteiger charge is -2.25. The quantitative estimate of drug-likeness (QED) is 0.282. The molecule has 1 aromatic heterocycles. The molecule has 0 bridgehead atoms. The summed E-state index contributed by atoms with van der Waals surface area (Å²) in [5.74, 6) is -1.05. The van der Waals surface area contributed by atoms with Gasteiger partial charge >= 0.3 is 0 Å². The first-order valence-corrected chi connectivity index (χ1v) is 10.6. The Morgan fingerprint density at radius 1 is 0.939 bits per heavy atom. The van der Waals surface area contributed by atoms with Crippen molar-refractivity contribution in [3.05, 3.63) is 102 Å². The number of carbonyl (C=O) groups excluding carboxylic acids is 2. The standard InChI is InChI=1S/C27H22N2O4/c1-28-16-21(20-13-6-7-14-22(20)28)24-23(25(30)17-9-4-3-5-10-17)26(31)27(32)29(24)18-11-8-12-19(15-18)33-2/h3-16,24,30H,1-2H3/b25-23+. The van der Waals surface area contributed by atoms with Crippen molar-refractivity contribution in [1.82, 2.24) is 4.57 Å². The number of hydrogen-bond donors (Lipinski definition) is 1. The highest BCUT2D eigenvalue weighted by atomic mass is 16.5. The number of carbonyl (C=O) groups is 2. The Morgan fingerprint density at radius 2 is 1.67 bits per heavy atom. The average molecular weight is 438 g/mol. The number of amides is 1. The number of fused-ring (bicyclic) bond motifs is 1. The molecule has 1 saturated heterocycles. The Morgan fingerprint density at radius 3 is 2.42 bits per heavy atom. The number of benzene rings is 3. The van der Waals surface area contributed by atoms with Crippen molar-refractivity contribution in [2.45, 2.75) is 6.04 Å². The number of ketones is 1. The average Bonchev–Trinajstić information content (AvgIpc) is 3.32. The SMILES string of the molecule is COc1cccc(N2C(=O)C(=O)/C(=C(/O)c3ccccc3)C2c2cn(C)c3ccccc23)c1. The summed E-state index contributed by atoms with van der Waals surface area (Å²) in [5, 5.41) is 12.1. The van der Waals surface area contributed by atoms with Crippen molar-refractivity contribution in [2.24, 2.45) is 7.05 Å². The number of ether oxygens (including phenoxy) is 1. The number of rotatable bonds is 4. The number of aromatic nitrogens is 1. The molecule has 4 aromatic rings. The second-order valence-electron chi connectivity index (χ2n) is 7.95. The van der Waals surface area contributed by atoms with Crippen LogP contribution < -0.4 is 9.64 Å². The molecule has 1 aliphatic heterocycles. The van der Waals surface area contributed by atoms with Gasteiger partial charge < -0.3 is 14.4 Å². The summed E-state index contributed by atoms with van der Waals surface area (Å²) in [7, 11) is 3.46. The summed E-state index contributed by atoms with van der Waals surface area (Å²) in [5.41, 5.74) is 2.77. The van der Waals surface area contributed by atoms with E-state index in [1.807, 2.05) is 48.1 Å². The third-order valence-corrected chi connectivity index (χ3v) is 6.05. The van der Waals surface area contributed by atoms with Gasteiger partial charge in [-0.2, -0.15) is 0 Å². The summed E-state index contributed by atoms with van der Waals surface area (Å²) in [4.78, 5) is 28.1. The predicted octanol–water partition coefficient (Wildman–Crippen LogP) is 4.81. The Labute approximate surface area is 190 Å². The molecule has 1 amide bonds. The zero-order valence-electron chi connectivity index (χ0n) is 18.2. The minimum atomic E-state index is -0.802. The van der Waals surface area contributed by atoms with Crippen LogP contribution >= 0.6 is 0 Å². The fraction of sp³-hybridized carbons (Fsp3) is 0.111. The second kappa shape index (κ2) is 7.98. The highest BCUT2D eigenvalue weighted by Crippen LogP contribution is 2.45. The monoisotopic (exact) mass is 438 g/mol.